The van der Waals surface area contributed by atoms with E-state index in [1.807, 2.05) is 0 Å². The largest absolute Gasteiger partial charge is 0.360 e. The normalized spacial score (nSPS) is 10.5. The van der Waals surface area contributed by atoms with Crippen LogP contribution in [0, 0.1) is 24.0 Å². The van der Waals surface area contributed by atoms with Crippen molar-refractivity contribution in [2.24, 2.45) is 0 Å². The summed E-state index contributed by atoms with van der Waals surface area (Å²) >= 11 is 0. The van der Waals surface area contributed by atoms with Crippen molar-refractivity contribution in [2.45, 2.75) is 13.8 Å². The van der Waals surface area contributed by atoms with Gasteiger partial charge in [0.1, 0.15) is 17.8 Å². The van der Waals surface area contributed by atoms with E-state index < -0.39 is 4.92 Å². The lowest BCUT2D eigenvalue weighted by atomic mass is 10.4. The zero-order valence-corrected chi connectivity index (χ0v) is 12.1. The van der Waals surface area contributed by atoms with Gasteiger partial charge in [0.25, 0.3) is 0 Å². The van der Waals surface area contributed by atoms with Gasteiger partial charge in [-0.1, -0.05) is 10.3 Å². The third kappa shape index (κ3) is 3.07. The molecule has 3 rings (SSSR count). The molecule has 0 spiro atoms. The molecule has 3 aromatic rings. The second kappa shape index (κ2) is 5.71. The molecule has 0 aliphatic heterocycles. The zero-order valence-electron chi connectivity index (χ0n) is 12.1. The Morgan fingerprint density at radius 1 is 1.00 bits per heavy atom. The van der Waals surface area contributed by atoms with Gasteiger partial charge < -0.3 is 19.7 Å². The van der Waals surface area contributed by atoms with Gasteiger partial charge in [0.15, 0.2) is 11.6 Å². The molecule has 23 heavy (non-hydrogen) atoms. The highest BCUT2D eigenvalue weighted by Gasteiger charge is 2.24. The summed E-state index contributed by atoms with van der Waals surface area (Å²) in [5.74, 6) is 1.66. The van der Waals surface area contributed by atoms with Gasteiger partial charge >= 0.3 is 5.69 Å². The summed E-state index contributed by atoms with van der Waals surface area (Å²) in [7, 11) is 0. The van der Waals surface area contributed by atoms with Crippen LogP contribution in [0.5, 0.6) is 0 Å². The van der Waals surface area contributed by atoms with Crippen LogP contribution in [-0.2, 0) is 0 Å². The van der Waals surface area contributed by atoms with Gasteiger partial charge in [-0.15, -0.1) is 0 Å². The predicted octanol–water partition coefficient (Wildman–Crippen LogP) is 2.46. The van der Waals surface area contributed by atoms with Crippen LogP contribution in [0.15, 0.2) is 27.5 Å². The molecule has 11 nitrogen and oxygen atoms in total. The maximum Gasteiger partial charge on any atom is 0.354 e. The maximum atomic E-state index is 11.4. The van der Waals surface area contributed by atoms with Crippen molar-refractivity contribution < 1.29 is 14.0 Å². The van der Waals surface area contributed by atoms with E-state index in [1.165, 1.54) is 6.33 Å². The first-order valence-corrected chi connectivity index (χ1v) is 6.43. The molecule has 2 N–H and O–H groups in total. The number of nitro groups is 1. The maximum absolute atomic E-state index is 11.4. The Balaban J connectivity index is 1.96. The Hall–Kier alpha value is -3.50. The lowest BCUT2D eigenvalue weighted by Gasteiger charge is -2.06. The number of nitrogens with zero attached hydrogens (tertiary/aromatic N) is 5. The number of anilines is 4. The number of hydrogen-bond acceptors (Lipinski definition) is 10. The van der Waals surface area contributed by atoms with Gasteiger partial charge in [-0.25, -0.2) is 9.97 Å². The van der Waals surface area contributed by atoms with Gasteiger partial charge in [0.05, 0.1) is 4.92 Å². The summed E-state index contributed by atoms with van der Waals surface area (Å²) in [5.41, 5.74) is -0.353. The topological polar surface area (TPSA) is 145 Å². The van der Waals surface area contributed by atoms with Gasteiger partial charge in [-0.2, -0.15) is 0 Å². The van der Waals surface area contributed by atoms with E-state index in [-0.39, 0.29) is 17.3 Å². The molecule has 0 fully saturated rings. The molecule has 11 heteroatoms. The van der Waals surface area contributed by atoms with Crippen LogP contribution < -0.4 is 10.6 Å². The minimum absolute atomic E-state index is 0.0268. The van der Waals surface area contributed by atoms with Crippen LogP contribution in [0.25, 0.3) is 0 Å². The Labute approximate surface area is 128 Å². The standard InChI is InChI=1S/C12H11N7O4/c1-6-3-8(17-22-6)15-11-10(19(20)21)12(14-5-13-11)16-9-4-7(2)23-18-9/h3-5H,1-2H3,(H2,13,14,15,16,17,18). The van der Waals surface area contributed by atoms with Crippen molar-refractivity contribution in [2.75, 3.05) is 10.6 Å². The molecule has 0 radical (unpaired) electrons. The Kier molecular flexibility index (Phi) is 3.58. The average molecular weight is 317 g/mol. The highest BCUT2D eigenvalue weighted by Crippen LogP contribution is 2.32. The van der Waals surface area contributed by atoms with Crippen LogP contribution >= 0.6 is 0 Å². The first-order chi connectivity index (χ1) is 11.0. The molecule has 0 atom stereocenters. The van der Waals surface area contributed by atoms with Crippen molar-refractivity contribution in [3.63, 3.8) is 0 Å². The fourth-order valence-electron chi connectivity index (χ4n) is 1.83. The second-order valence-electron chi connectivity index (χ2n) is 4.57. The first-order valence-electron chi connectivity index (χ1n) is 6.43. The highest BCUT2D eigenvalue weighted by atomic mass is 16.6. The lowest BCUT2D eigenvalue weighted by molar-refractivity contribution is -0.383. The van der Waals surface area contributed by atoms with Crippen LogP contribution in [0.3, 0.4) is 0 Å². The first kappa shape index (κ1) is 14.4. The van der Waals surface area contributed by atoms with Crippen LogP contribution in [-0.4, -0.2) is 25.2 Å². The summed E-state index contributed by atoms with van der Waals surface area (Å²) < 4.78 is 9.80. The SMILES string of the molecule is Cc1cc(Nc2ncnc(Nc3cc(C)on3)c2[N+](=O)[O-])no1. The molecule has 118 valence electrons. The third-order valence-corrected chi connectivity index (χ3v) is 2.75. The smallest absolute Gasteiger partial charge is 0.354 e. The fraction of sp³-hybridized carbons (Fsp3) is 0.167. The van der Waals surface area contributed by atoms with Gasteiger partial charge in [0.2, 0.25) is 11.6 Å². The third-order valence-electron chi connectivity index (χ3n) is 2.75. The predicted molar refractivity (Wildman–Crippen MR) is 77.7 cm³/mol. The Bertz CT molecular complexity index is 796. The number of rotatable bonds is 5. The molecule has 3 heterocycles. The van der Waals surface area contributed by atoms with Crippen LogP contribution in [0.4, 0.5) is 29.0 Å². The van der Waals surface area contributed by atoms with Gasteiger partial charge in [0, 0.05) is 12.1 Å². The molecule has 3 aromatic heterocycles. The van der Waals surface area contributed by atoms with Gasteiger partial charge in [-0.05, 0) is 13.8 Å². The molecule has 0 unspecified atom stereocenters. The van der Waals surface area contributed by atoms with E-state index in [4.69, 9.17) is 9.05 Å². The molecule has 0 amide bonds. The molecule has 0 saturated carbocycles. The monoisotopic (exact) mass is 317 g/mol. The van der Waals surface area contributed by atoms with E-state index in [0.29, 0.717) is 23.2 Å². The fourth-order valence-corrected chi connectivity index (χ4v) is 1.83. The number of nitrogens with one attached hydrogen (secondary N) is 2. The van der Waals surface area contributed by atoms with Crippen LogP contribution in [0.2, 0.25) is 0 Å². The minimum Gasteiger partial charge on any atom is -0.360 e. The summed E-state index contributed by atoms with van der Waals surface area (Å²) in [4.78, 5) is 18.5. The average Bonchev–Trinajstić information content (AvgIpc) is 3.07. The van der Waals surface area contributed by atoms with E-state index in [2.05, 4.69) is 30.9 Å². The number of aromatic nitrogens is 4. The lowest BCUT2D eigenvalue weighted by Crippen LogP contribution is -2.05. The van der Waals surface area contributed by atoms with Crippen LogP contribution in [0.1, 0.15) is 11.5 Å². The van der Waals surface area contributed by atoms with Crippen molar-refractivity contribution in [1.82, 2.24) is 20.3 Å². The molecular formula is C12H11N7O4. The number of aryl methyl sites for hydroxylation is 2. The van der Waals surface area contributed by atoms with E-state index in [9.17, 15) is 10.1 Å². The second-order valence-corrected chi connectivity index (χ2v) is 4.57. The van der Waals surface area contributed by atoms with Crippen molar-refractivity contribution >= 4 is 29.0 Å². The molecule has 0 bridgehead atoms. The van der Waals surface area contributed by atoms with E-state index in [0.717, 1.165) is 0 Å². The Morgan fingerprint density at radius 3 is 1.83 bits per heavy atom. The van der Waals surface area contributed by atoms with Crippen molar-refractivity contribution in [1.29, 1.82) is 0 Å². The minimum atomic E-state index is -0.607. The summed E-state index contributed by atoms with van der Waals surface area (Å²) in [5, 5.41) is 24.3. The Morgan fingerprint density at radius 2 is 1.48 bits per heavy atom. The molecule has 0 saturated heterocycles. The van der Waals surface area contributed by atoms with Gasteiger partial charge in [-0.3, -0.25) is 10.1 Å². The van der Waals surface area contributed by atoms with Crippen molar-refractivity contribution in [3.05, 3.63) is 40.1 Å². The molecular weight excluding hydrogens is 306 g/mol. The summed E-state index contributed by atoms with van der Waals surface area (Å²) in [6, 6.07) is 3.17. The number of hydrogen-bond donors (Lipinski definition) is 2. The summed E-state index contributed by atoms with van der Waals surface area (Å²) in [6.45, 7) is 3.40. The summed E-state index contributed by atoms with van der Waals surface area (Å²) in [6.07, 6.45) is 1.18. The molecule has 0 aliphatic rings. The van der Waals surface area contributed by atoms with E-state index >= 15 is 0 Å². The van der Waals surface area contributed by atoms with Crippen molar-refractivity contribution in [3.8, 4) is 0 Å². The molecule has 0 aromatic carbocycles. The molecule has 0 aliphatic carbocycles. The quantitative estimate of drug-likeness (QED) is 0.531. The highest BCUT2D eigenvalue weighted by molar-refractivity contribution is 5.75. The zero-order chi connectivity index (χ0) is 16.4. The van der Waals surface area contributed by atoms with E-state index in [1.54, 1.807) is 26.0 Å².